The number of aromatic nitrogens is 1. The van der Waals surface area contributed by atoms with Crippen LogP contribution in [0.4, 0.5) is 0 Å². The van der Waals surface area contributed by atoms with E-state index >= 15 is 0 Å². The van der Waals surface area contributed by atoms with Crippen LogP contribution in [-0.4, -0.2) is 29.1 Å². The Balaban J connectivity index is 2.04. The van der Waals surface area contributed by atoms with Gasteiger partial charge in [0.25, 0.3) is 0 Å². The van der Waals surface area contributed by atoms with E-state index in [1.807, 2.05) is 0 Å². The van der Waals surface area contributed by atoms with Crippen molar-refractivity contribution in [3.63, 3.8) is 0 Å². The summed E-state index contributed by atoms with van der Waals surface area (Å²) in [6.07, 6.45) is 4.53. The summed E-state index contributed by atoms with van der Waals surface area (Å²) in [5.74, 6) is 0.614. The highest BCUT2D eigenvalue weighted by molar-refractivity contribution is 6.36. The molecule has 2 atom stereocenters. The van der Waals surface area contributed by atoms with Crippen LogP contribution >= 0.6 is 11.6 Å². The molecule has 0 unspecified atom stereocenters. The lowest BCUT2D eigenvalue weighted by atomic mass is 9.86. The summed E-state index contributed by atoms with van der Waals surface area (Å²) in [5.41, 5.74) is 4.14. The lowest BCUT2D eigenvalue weighted by Gasteiger charge is -2.39. The summed E-state index contributed by atoms with van der Waals surface area (Å²) < 4.78 is 2.32. The van der Waals surface area contributed by atoms with Crippen LogP contribution < -0.4 is 0 Å². The zero-order chi connectivity index (χ0) is 13.1. The number of para-hydroxylation sites is 1. The topological polar surface area (TPSA) is 8.17 Å². The van der Waals surface area contributed by atoms with Gasteiger partial charge in [0.05, 0.1) is 16.6 Å². The molecule has 0 aliphatic carbocycles. The fourth-order valence-corrected chi connectivity index (χ4v) is 3.95. The predicted octanol–water partition coefficient (Wildman–Crippen LogP) is 3.64. The number of hydrogen-bond donors (Lipinski definition) is 0. The second kappa shape index (κ2) is 3.87. The first-order valence-corrected chi connectivity index (χ1v) is 7.22. The Morgan fingerprint density at radius 1 is 1.26 bits per heavy atom. The third-order valence-electron chi connectivity index (χ3n) is 4.46. The summed E-state index contributed by atoms with van der Waals surface area (Å²) in [7, 11) is 2.23. The van der Waals surface area contributed by atoms with Crippen LogP contribution in [0.3, 0.4) is 0 Å². The Kier molecular flexibility index (Phi) is 2.36. The number of rotatable bonds is 0. The van der Waals surface area contributed by atoms with Gasteiger partial charge in [-0.25, -0.2) is 0 Å². The molecule has 0 radical (unpaired) electrons. The van der Waals surface area contributed by atoms with E-state index in [1.54, 1.807) is 0 Å². The minimum absolute atomic E-state index is 0.484. The van der Waals surface area contributed by atoms with E-state index in [9.17, 15) is 0 Å². The molecule has 1 aromatic carbocycles. The summed E-state index contributed by atoms with van der Waals surface area (Å²) in [5, 5.41) is 2.05. The Morgan fingerprint density at radius 2 is 2.11 bits per heavy atom. The molecule has 0 bridgehead atoms. The van der Waals surface area contributed by atoms with Crippen LogP contribution in [-0.2, 0) is 6.54 Å². The molecule has 2 aromatic rings. The van der Waals surface area contributed by atoms with E-state index < -0.39 is 0 Å². The van der Waals surface area contributed by atoms with Crippen LogP contribution in [0.25, 0.3) is 16.5 Å². The summed E-state index contributed by atoms with van der Waals surface area (Å²) >= 11 is 6.36. The second-order valence-electron chi connectivity index (χ2n) is 5.89. The van der Waals surface area contributed by atoms with Crippen LogP contribution in [0.15, 0.2) is 30.5 Å². The van der Waals surface area contributed by atoms with E-state index in [2.05, 4.69) is 53.9 Å². The predicted molar refractivity (Wildman–Crippen MR) is 80.5 cm³/mol. The largest absolute Gasteiger partial charge is 0.344 e. The van der Waals surface area contributed by atoms with Crippen LogP contribution in [0.1, 0.15) is 12.5 Å². The summed E-state index contributed by atoms with van der Waals surface area (Å²) in [6.45, 7) is 4.43. The fourth-order valence-electron chi connectivity index (χ4n) is 3.68. The standard InChI is InChI=1S/C16H17ClN2/c1-10-6-13-11-4-3-5-12-14(17)8-19(16(11)12)9-15(13)18(2)7-10/h3-6,8,10,15H,7,9H2,1-2H3/t10-,15+/m1/s1. The summed E-state index contributed by atoms with van der Waals surface area (Å²) in [4.78, 5) is 2.47. The lowest BCUT2D eigenvalue weighted by Crippen LogP contribution is -2.43. The first-order chi connectivity index (χ1) is 9.15. The van der Waals surface area contributed by atoms with Gasteiger partial charge in [-0.3, -0.25) is 4.90 Å². The molecule has 2 nitrogen and oxygen atoms in total. The zero-order valence-corrected chi connectivity index (χ0v) is 12.0. The molecule has 4 rings (SSSR count). The highest BCUT2D eigenvalue weighted by Crippen LogP contribution is 2.40. The van der Waals surface area contributed by atoms with Crippen molar-refractivity contribution in [2.45, 2.75) is 19.5 Å². The number of fused-ring (bicyclic) bond motifs is 2. The van der Waals surface area contributed by atoms with Crippen molar-refractivity contribution in [3.05, 3.63) is 41.1 Å². The van der Waals surface area contributed by atoms with Gasteiger partial charge in [0, 0.05) is 30.2 Å². The van der Waals surface area contributed by atoms with Crippen molar-refractivity contribution in [1.82, 2.24) is 9.47 Å². The maximum atomic E-state index is 6.36. The molecular formula is C16H17ClN2. The van der Waals surface area contributed by atoms with Crippen molar-refractivity contribution in [3.8, 4) is 0 Å². The molecule has 2 aliphatic rings. The van der Waals surface area contributed by atoms with E-state index in [0.717, 1.165) is 18.1 Å². The number of benzene rings is 1. The Morgan fingerprint density at radius 3 is 2.95 bits per heavy atom. The average molecular weight is 273 g/mol. The monoisotopic (exact) mass is 272 g/mol. The first kappa shape index (κ1) is 11.6. The zero-order valence-electron chi connectivity index (χ0n) is 11.2. The van der Waals surface area contributed by atoms with Gasteiger partial charge >= 0.3 is 0 Å². The molecule has 0 spiro atoms. The van der Waals surface area contributed by atoms with Gasteiger partial charge < -0.3 is 4.57 Å². The van der Waals surface area contributed by atoms with Crippen molar-refractivity contribution >= 4 is 28.1 Å². The van der Waals surface area contributed by atoms with Crippen molar-refractivity contribution < 1.29 is 0 Å². The molecule has 3 heterocycles. The molecular weight excluding hydrogens is 256 g/mol. The van der Waals surface area contributed by atoms with Gasteiger partial charge in [0.2, 0.25) is 0 Å². The average Bonchev–Trinajstić information content (AvgIpc) is 2.70. The Hall–Kier alpha value is -1.25. The summed E-state index contributed by atoms with van der Waals surface area (Å²) in [6, 6.07) is 6.96. The molecule has 0 saturated carbocycles. The normalized spacial score (nSPS) is 26.4. The maximum Gasteiger partial charge on any atom is 0.0661 e. The highest BCUT2D eigenvalue weighted by atomic mass is 35.5. The van der Waals surface area contributed by atoms with Crippen molar-refractivity contribution in [2.75, 3.05) is 13.6 Å². The van der Waals surface area contributed by atoms with Crippen LogP contribution in [0.2, 0.25) is 5.02 Å². The van der Waals surface area contributed by atoms with Gasteiger partial charge in [0.1, 0.15) is 0 Å². The third kappa shape index (κ3) is 1.53. The molecule has 0 amide bonds. The van der Waals surface area contributed by atoms with Gasteiger partial charge in [0.15, 0.2) is 0 Å². The first-order valence-electron chi connectivity index (χ1n) is 6.85. The molecule has 3 heteroatoms. The quantitative estimate of drug-likeness (QED) is 0.711. The number of likely N-dealkylation sites (N-methyl/N-ethyl adjacent to an activating group) is 1. The van der Waals surface area contributed by atoms with E-state index in [4.69, 9.17) is 11.6 Å². The number of nitrogens with zero attached hydrogens (tertiary/aromatic N) is 2. The molecule has 19 heavy (non-hydrogen) atoms. The molecule has 0 fully saturated rings. The van der Waals surface area contributed by atoms with Gasteiger partial charge in [-0.05, 0) is 18.5 Å². The smallest absolute Gasteiger partial charge is 0.0661 e. The molecule has 0 N–H and O–H groups in total. The Bertz CT molecular complexity index is 698. The number of halogens is 1. The minimum Gasteiger partial charge on any atom is -0.344 e. The second-order valence-corrected chi connectivity index (χ2v) is 6.29. The maximum absolute atomic E-state index is 6.36. The molecule has 1 aromatic heterocycles. The molecule has 2 aliphatic heterocycles. The highest BCUT2D eigenvalue weighted by Gasteiger charge is 2.32. The van der Waals surface area contributed by atoms with E-state index in [-0.39, 0.29) is 0 Å². The fraction of sp³-hybridized carbons (Fsp3) is 0.375. The van der Waals surface area contributed by atoms with Crippen molar-refractivity contribution in [1.29, 1.82) is 0 Å². The van der Waals surface area contributed by atoms with Crippen LogP contribution in [0, 0.1) is 5.92 Å². The number of hydrogen-bond acceptors (Lipinski definition) is 1. The third-order valence-corrected chi connectivity index (χ3v) is 4.76. The van der Waals surface area contributed by atoms with Gasteiger partial charge in [-0.15, -0.1) is 0 Å². The van der Waals surface area contributed by atoms with Crippen LogP contribution in [0.5, 0.6) is 0 Å². The Labute approximate surface area is 118 Å². The minimum atomic E-state index is 0.484. The van der Waals surface area contributed by atoms with Crippen molar-refractivity contribution in [2.24, 2.45) is 5.92 Å². The lowest BCUT2D eigenvalue weighted by molar-refractivity contribution is 0.234. The molecule has 0 saturated heterocycles. The van der Waals surface area contributed by atoms with E-state index in [1.165, 1.54) is 22.0 Å². The SMILES string of the molecule is C[C@@H]1C=C2c3cccc4c(Cl)cn(c34)C[C@@H]2N(C)C1. The van der Waals surface area contributed by atoms with E-state index in [0.29, 0.717) is 12.0 Å². The van der Waals surface area contributed by atoms with Gasteiger partial charge in [-0.1, -0.05) is 42.8 Å². The molecule has 98 valence electrons. The van der Waals surface area contributed by atoms with Gasteiger partial charge in [-0.2, -0.15) is 0 Å².